The predicted molar refractivity (Wildman–Crippen MR) is 190 cm³/mol. The topological polar surface area (TPSA) is 116 Å². The Morgan fingerprint density at radius 2 is 1.02 bits per heavy atom. The van der Waals surface area contributed by atoms with Gasteiger partial charge in [-0.25, -0.2) is 0 Å². The molecule has 0 aliphatic heterocycles. The average Bonchev–Trinajstić information content (AvgIpc) is 3.08. The number of phenolic OH excluding ortho intramolecular Hbond substituents is 2. The van der Waals surface area contributed by atoms with Crippen LogP contribution in [0, 0.1) is 0 Å². The quantitative estimate of drug-likeness (QED) is 0.0582. The van der Waals surface area contributed by atoms with Crippen molar-refractivity contribution in [2.24, 2.45) is 0 Å². The number of rotatable bonds is 24. The summed E-state index contributed by atoms with van der Waals surface area (Å²) in [4.78, 5) is 0. The summed E-state index contributed by atoms with van der Waals surface area (Å²) in [7, 11) is 0. The van der Waals surface area contributed by atoms with E-state index in [1.54, 1.807) is 0 Å². The van der Waals surface area contributed by atoms with Crippen LogP contribution in [0.1, 0.15) is 88.3 Å². The lowest BCUT2D eigenvalue weighted by Gasteiger charge is -2.35. The lowest BCUT2D eigenvalue weighted by Crippen LogP contribution is -2.28. The van der Waals surface area contributed by atoms with Crippen molar-refractivity contribution in [3.8, 4) is 11.5 Å². The number of hydrogen-bond acceptors (Lipinski definition) is 9. The van der Waals surface area contributed by atoms with E-state index in [2.05, 4.69) is 19.6 Å². The smallest absolute Gasteiger partial charge is 0.126 e. The Hall–Kier alpha value is -3.18. The average molecular weight is 671 g/mol. The van der Waals surface area contributed by atoms with Crippen LogP contribution in [0.3, 0.4) is 0 Å². The highest BCUT2D eigenvalue weighted by Gasteiger charge is 2.35. The fraction of sp³-hybridized carbons (Fsp3) is 0.538. The van der Waals surface area contributed by atoms with Crippen LogP contribution in [0.4, 0.5) is 0 Å². The molecule has 0 amide bonds. The summed E-state index contributed by atoms with van der Waals surface area (Å²) in [5, 5.41) is 33.4. The van der Waals surface area contributed by atoms with E-state index in [9.17, 15) is 15.3 Å². The highest BCUT2D eigenvalue weighted by molar-refractivity contribution is 5.59. The van der Waals surface area contributed by atoms with Gasteiger partial charge in [0.05, 0.1) is 39.6 Å². The third kappa shape index (κ3) is 11.5. The Bertz CT molecular complexity index is 1220. The predicted octanol–water partition coefficient (Wildman–Crippen LogP) is 7.94. The number of aliphatic hydroxyl groups is 1. The first kappa shape index (κ1) is 41.0. The Kier molecular flexibility index (Phi) is 18.5. The minimum Gasteiger partial charge on any atom is -0.508 e. The molecule has 9 heteroatoms. The minimum absolute atomic E-state index is 0.0962. The van der Waals surface area contributed by atoms with Crippen LogP contribution in [-0.2, 0) is 60.3 Å². The lowest BCUT2D eigenvalue weighted by atomic mass is 9.68. The molecule has 0 aliphatic carbocycles. The van der Waals surface area contributed by atoms with Gasteiger partial charge in [0.1, 0.15) is 17.3 Å². The Balaban J connectivity index is 3.14. The van der Waals surface area contributed by atoms with E-state index >= 15 is 0 Å². The van der Waals surface area contributed by atoms with E-state index in [0.29, 0.717) is 80.5 Å². The third-order valence-corrected chi connectivity index (χ3v) is 8.11. The number of allylic oxidation sites excluding steroid dienone is 2. The maximum atomic E-state index is 11.3. The van der Waals surface area contributed by atoms with Crippen molar-refractivity contribution in [2.45, 2.75) is 86.7 Å². The van der Waals surface area contributed by atoms with Crippen molar-refractivity contribution in [3.05, 3.63) is 93.3 Å². The molecule has 2 rings (SSSR count). The summed E-state index contributed by atoms with van der Waals surface area (Å²) in [5.74, 6) is 0.156. The minimum atomic E-state index is -0.926. The molecule has 0 saturated carbocycles. The van der Waals surface area contributed by atoms with Crippen LogP contribution in [-0.4, -0.2) is 68.2 Å². The molecule has 0 saturated heterocycles. The van der Waals surface area contributed by atoms with Gasteiger partial charge in [0.25, 0.3) is 0 Å². The van der Waals surface area contributed by atoms with Gasteiger partial charge < -0.3 is 43.7 Å². The van der Waals surface area contributed by atoms with Crippen LogP contribution in [0.2, 0.25) is 0 Å². The Morgan fingerprint density at radius 3 is 1.35 bits per heavy atom. The summed E-state index contributed by atoms with van der Waals surface area (Å²) < 4.78 is 34.6. The molecule has 48 heavy (non-hydrogen) atoms. The highest BCUT2D eigenvalue weighted by atomic mass is 16.5. The first-order chi connectivity index (χ1) is 23.1. The molecule has 0 fully saturated rings. The van der Waals surface area contributed by atoms with Crippen LogP contribution in [0.25, 0.3) is 0 Å². The van der Waals surface area contributed by atoms with E-state index in [1.165, 1.54) is 0 Å². The monoisotopic (exact) mass is 670 g/mol. The van der Waals surface area contributed by atoms with Crippen LogP contribution >= 0.6 is 0 Å². The Morgan fingerprint density at radius 1 is 0.646 bits per heavy atom. The maximum absolute atomic E-state index is 11.3. The second-order valence-electron chi connectivity index (χ2n) is 11.4. The van der Waals surface area contributed by atoms with E-state index < -0.39 is 5.41 Å². The molecule has 0 radical (unpaired) electrons. The molecule has 0 aromatic heterocycles. The van der Waals surface area contributed by atoms with Crippen molar-refractivity contribution in [1.82, 2.24) is 0 Å². The first-order valence-corrected chi connectivity index (χ1v) is 17.1. The van der Waals surface area contributed by atoms with Gasteiger partial charge in [-0.05, 0) is 102 Å². The van der Waals surface area contributed by atoms with E-state index in [1.807, 2.05) is 71.9 Å². The normalized spacial score (nSPS) is 12.6. The molecule has 0 atom stereocenters. The lowest BCUT2D eigenvalue weighted by molar-refractivity contribution is 0.126. The second kappa shape index (κ2) is 21.7. The van der Waals surface area contributed by atoms with Crippen LogP contribution < -0.4 is 0 Å². The van der Waals surface area contributed by atoms with Crippen LogP contribution in [0.5, 0.6) is 11.5 Å². The molecule has 0 heterocycles. The first-order valence-electron chi connectivity index (χ1n) is 17.1. The summed E-state index contributed by atoms with van der Waals surface area (Å²) in [6.45, 7) is 21.8. The summed E-state index contributed by atoms with van der Waals surface area (Å²) in [6, 6.07) is 7.83. The van der Waals surface area contributed by atoms with Crippen LogP contribution in [0.15, 0.2) is 59.9 Å². The molecule has 0 bridgehead atoms. The largest absolute Gasteiger partial charge is 0.508 e. The van der Waals surface area contributed by atoms with E-state index in [0.717, 1.165) is 16.7 Å². The molecule has 2 aromatic carbocycles. The van der Waals surface area contributed by atoms with Gasteiger partial charge in [-0.3, -0.25) is 0 Å². The van der Waals surface area contributed by atoms with Crippen molar-refractivity contribution >= 4 is 0 Å². The van der Waals surface area contributed by atoms with Crippen molar-refractivity contribution < 1.29 is 43.7 Å². The molecule has 0 aliphatic rings. The zero-order chi connectivity index (χ0) is 35.5. The standard InChI is InChI=1S/C39H58O9/c1-9-43-17-15-16-34(18-29(28(7)40)23-44-10-2)39(8,35-19-30(24-45-11-3)37(41)31(20-35)25-46-12-4)36-21-32(26-47-13-5)38(42)33(22-36)27-48-14-6/h16,18-22,40-42H,7,9-15,17,23-27H2,1-6,8H3/b29-18-,34-16+. The molecule has 0 unspecified atom stereocenters. The molecule has 0 spiro atoms. The van der Waals surface area contributed by atoms with Gasteiger partial charge in [-0.15, -0.1) is 0 Å². The third-order valence-electron chi connectivity index (χ3n) is 8.11. The number of phenols is 2. The molecule has 3 N–H and O–H groups in total. The molecular weight excluding hydrogens is 612 g/mol. The second-order valence-corrected chi connectivity index (χ2v) is 11.4. The SMILES string of the molecule is C=C(O)/C(=C\C(=C/CCOCC)C(C)(c1cc(COCC)c(O)c(COCC)c1)c1cc(COCC)c(O)c(COCC)c1)COCC. The van der Waals surface area contributed by atoms with Gasteiger partial charge in [-0.2, -0.15) is 0 Å². The molecule has 2 aromatic rings. The van der Waals surface area contributed by atoms with Gasteiger partial charge in [-0.1, -0.05) is 12.7 Å². The van der Waals surface area contributed by atoms with Crippen molar-refractivity contribution in [3.63, 3.8) is 0 Å². The Labute approximate surface area is 287 Å². The fourth-order valence-electron chi connectivity index (χ4n) is 5.34. The molecular formula is C39H58O9. The summed E-state index contributed by atoms with van der Waals surface area (Å²) in [5.41, 5.74) is 4.61. The number of hydrogen-bond donors (Lipinski definition) is 3. The highest BCUT2D eigenvalue weighted by Crippen LogP contribution is 2.45. The van der Waals surface area contributed by atoms with Gasteiger partial charge >= 0.3 is 0 Å². The van der Waals surface area contributed by atoms with E-state index in [-0.39, 0.29) is 50.3 Å². The summed E-state index contributed by atoms with van der Waals surface area (Å²) >= 11 is 0. The number of aromatic hydroxyl groups is 2. The van der Waals surface area contributed by atoms with Gasteiger partial charge in [0, 0.05) is 72.9 Å². The van der Waals surface area contributed by atoms with Crippen molar-refractivity contribution in [2.75, 3.05) is 52.9 Å². The number of ether oxygens (including phenoxy) is 6. The zero-order valence-corrected chi connectivity index (χ0v) is 30.2. The van der Waals surface area contributed by atoms with E-state index in [4.69, 9.17) is 28.4 Å². The fourth-order valence-corrected chi connectivity index (χ4v) is 5.34. The van der Waals surface area contributed by atoms with Gasteiger partial charge in [0.15, 0.2) is 0 Å². The molecule has 9 nitrogen and oxygen atoms in total. The number of aliphatic hydroxyl groups excluding tert-OH is 1. The van der Waals surface area contributed by atoms with Gasteiger partial charge in [0.2, 0.25) is 0 Å². The van der Waals surface area contributed by atoms with Crippen molar-refractivity contribution in [1.29, 1.82) is 0 Å². The number of benzene rings is 2. The molecule has 268 valence electrons. The maximum Gasteiger partial charge on any atom is 0.126 e. The zero-order valence-electron chi connectivity index (χ0n) is 30.2. The summed E-state index contributed by atoms with van der Waals surface area (Å²) in [6.07, 6.45) is 4.60.